The fourth-order valence-electron chi connectivity index (χ4n) is 1.44. The van der Waals surface area contributed by atoms with E-state index >= 15 is 0 Å². The van der Waals surface area contributed by atoms with Crippen molar-refractivity contribution in [2.24, 2.45) is 0 Å². The maximum atomic E-state index is 13.4. The first-order valence-corrected chi connectivity index (χ1v) is 6.57. The lowest BCUT2D eigenvalue weighted by Gasteiger charge is -2.05. The fourth-order valence-corrected chi connectivity index (χ4v) is 2.79. The number of thiophene rings is 1. The maximum absolute atomic E-state index is 13.4. The van der Waals surface area contributed by atoms with E-state index in [2.05, 4.69) is 0 Å². The van der Waals surface area contributed by atoms with Crippen LogP contribution in [0.5, 0.6) is 0 Å². The molecule has 0 N–H and O–H groups in total. The van der Waals surface area contributed by atoms with E-state index in [1.54, 1.807) is 12.1 Å². The number of nitriles is 1. The molecule has 0 bridgehead atoms. The number of allylic oxidation sites excluding steroid dienone is 1. The zero-order valence-electron chi connectivity index (χ0n) is 8.95. The Kier molecular flexibility index (Phi) is 4.03. The number of rotatable bonds is 2. The summed E-state index contributed by atoms with van der Waals surface area (Å²) in [5.41, 5.74) is 0.613. The second-order valence-electron chi connectivity index (χ2n) is 3.38. The quantitative estimate of drug-likeness (QED) is 0.701. The van der Waals surface area contributed by atoms with Crippen molar-refractivity contribution in [3.05, 3.63) is 57.0 Å². The van der Waals surface area contributed by atoms with Gasteiger partial charge in [0.05, 0.1) is 15.6 Å². The van der Waals surface area contributed by atoms with Crippen LogP contribution in [-0.4, -0.2) is 0 Å². The van der Waals surface area contributed by atoms with Crippen molar-refractivity contribution in [1.82, 2.24) is 0 Å². The number of nitrogens with zero attached hydrogens (tertiary/aromatic N) is 1. The molecule has 0 aliphatic rings. The average molecular weight is 298 g/mol. The van der Waals surface area contributed by atoms with Crippen LogP contribution in [0.15, 0.2) is 35.7 Å². The molecular formula is C13H6Cl2FNS. The topological polar surface area (TPSA) is 23.8 Å². The van der Waals surface area contributed by atoms with Gasteiger partial charge in [-0.15, -0.1) is 11.3 Å². The smallest absolute Gasteiger partial charge is 0.142 e. The van der Waals surface area contributed by atoms with Crippen molar-refractivity contribution in [3.8, 4) is 6.07 Å². The van der Waals surface area contributed by atoms with Gasteiger partial charge >= 0.3 is 0 Å². The van der Waals surface area contributed by atoms with Crippen LogP contribution in [0.4, 0.5) is 4.39 Å². The van der Waals surface area contributed by atoms with Crippen molar-refractivity contribution in [3.63, 3.8) is 0 Å². The van der Waals surface area contributed by atoms with E-state index in [9.17, 15) is 4.39 Å². The standard InChI is InChI=1S/C13H6Cl2FNS/c14-12(8-3-1-4-10(16)13(8)15)9(7-17)11-5-2-6-18-11/h1-6H/b12-9+. The van der Waals surface area contributed by atoms with E-state index in [4.69, 9.17) is 28.5 Å². The van der Waals surface area contributed by atoms with Crippen molar-refractivity contribution in [2.75, 3.05) is 0 Å². The van der Waals surface area contributed by atoms with Gasteiger partial charge in [0.1, 0.15) is 11.9 Å². The first-order valence-electron chi connectivity index (χ1n) is 4.93. The largest absolute Gasteiger partial charge is 0.205 e. The van der Waals surface area contributed by atoms with Gasteiger partial charge in [-0.2, -0.15) is 5.26 Å². The highest BCUT2D eigenvalue weighted by atomic mass is 35.5. The van der Waals surface area contributed by atoms with Crippen molar-refractivity contribution in [2.45, 2.75) is 0 Å². The van der Waals surface area contributed by atoms with Crippen LogP contribution in [-0.2, 0) is 0 Å². The van der Waals surface area contributed by atoms with Crippen LogP contribution in [0.25, 0.3) is 10.6 Å². The molecule has 0 atom stereocenters. The molecule has 5 heteroatoms. The number of hydrogen-bond donors (Lipinski definition) is 0. The normalized spacial score (nSPS) is 11.9. The summed E-state index contributed by atoms with van der Waals surface area (Å²) in [7, 11) is 0. The first-order chi connectivity index (χ1) is 8.65. The highest BCUT2D eigenvalue weighted by molar-refractivity contribution is 7.11. The molecule has 2 aromatic rings. The minimum absolute atomic E-state index is 0.0770. The third-order valence-electron chi connectivity index (χ3n) is 2.29. The van der Waals surface area contributed by atoms with Crippen LogP contribution in [0.2, 0.25) is 5.02 Å². The molecule has 0 saturated carbocycles. The van der Waals surface area contributed by atoms with E-state index in [-0.39, 0.29) is 10.1 Å². The average Bonchev–Trinajstić information content (AvgIpc) is 2.87. The fraction of sp³-hybridized carbons (Fsp3) is 0. The number of halogens is 3. The summed E-state index contributed by atoms with van der Waals surface area (Å²) >= 11 is 13.4. The Labute approximate surface area is 118 Å². The number of hydrogen-bond acceptors (Lipinski definition) is 2. The Morgan fingerprint density at radius 2 is 2.06 bits per heavy atom. The van der Waals surface area contributed by atoms with Crippen molar-refractivity contribution < 1.29 is 4.39 Å². The lowest BCUT2D eigenvalue weighted by molar-refractivity contribution is 0.628. The van der Waals surface area contributed by atoms with E-state index < -0.39 is 5.82 Å². The summed E-state index contributed by atoms with van der Waals surface area (Å²) in [5.74, 6) is -0.559. The molecule has 0 fully saturated rings. The van der Waals surface area contributed by atoms with Gasteiger partial charge in [-0.1, -0.05) is 41.4 Å². The highest BCUT2D eigenvalue weighted by Crippen LogP contribution is 2.35. The lowest BCUT2D eigenvalue weighted by Crippen LogP contribution is -1.87. The van der Waals surface area contributed by atoms with Gasteiger partial charge in [0.15, 0.2) is 0 Å². The molecule has 1 aromatic heterocycles. The van der Waals surface area contributed by atoms with E-state index in [1.807, 2.05) is 17.5 Å². The van der Waals surface area contributed by atoms with Crippen LogP contribution in [0.1, 0.15) is 10.4 Å². The summed E-state index contributed by atoms with van der Waals surface area (Å²) < 4.78 is 13.4. The van der Waals surface area contributed by atoms with Crippen LogP contribution >= 0.6 is 34.5 Å². The zero-order valence-corrected chi connectivity index (χ0v) is 11.3. The lowest BCUT2D eigenvalue weighted by atomic mass is 10.1. The predicted octanol–water partition coefficient (Wildman–Crippen LogP) is 5.17. The van der Waals surface area contributed by atoms with Crippen LogP contribution in [0, 0.1) is 17.1 Å². The molecule has 0 unspecified atom stereocenters. The van der Waals surface area contributed by atoms with Crippen LogP contribution < -0.4 is 0 Å². The Morgan fingerprint density at radius 3 is 2.67 bits per heavy atom. The summed E-state index contributed by atoms with van der Waals surface area (Å²) in [4.78, 5) is 0.725. The predicted molar refractivity (Wildman–Crippen MR) is 74.0 cm³/mol. The molecule has 0 radical (unpaired) electrons. The zero-order chi connectivity index (χ0) is 13.1. The highest BCUT2D eigenvalue weighted by Gasteiger charge is 2.15. The first kappa shape index (κ1) is 13.1. The molecule has 1 nitrogen and oxygen atoms in total. The van der Waals surface area contributed by atoms with Crippen molar-refractivity contribution >= 4 is 45.1 Å². The molecule has 0 spiro atoms. The monoisotopic (exact) mass is 297 g/mol. The molecule has 1 aromatic carbocycles. The molecular weight excluding hydrogens is 292 g/mol. The van der Waals surface area contributed by atoms with Gasteiger partial charge < -0.3 is 0 Å². The van der Waals surface area contributed by atoms with Gasteiger partial charge in [-0.25, -0.2) is 4.39 Å². The Balaban J connectivity index is 2.62. The molecule has 18 heavy (non-hydrogen) atoms. The minimum Gasteiger partial charge on any atom is -0.205 e. The molecule has 2 rings (SSSR count). The summed E-state index contributed by atoms with van der Waals surface area (Å²) in [5, 5.41) is 11.1. The molecule has 90 valence electrons. The van der Waals surface area contributed by atoms with Crippen LogP contribution in [0.3, 0.4) is 0 Å². The molecule has 1 heterocycles. The molecule has 0 saturated heterocycles. The van der Waals surface area contributed by atoms with E-state index in [0.29, 0.717) is 11.1 Å². The maximum Gasteiger partial charge on any atom is 0.142 e. The third kappa shape index (κ3) is 2.41. The third-order valence-corrected chi connectivity index (χ3v) is 3.95. The van der Waals surface area contributed by atoms with Gasteiger partial charge in [0.25, 0.3) is 0 Å². The SMILES string of the molecule is N#C/C(=C(\Cl)c1cccc(F)c1Cl)c1cccs1. The van der Waals surface area contributed by atoms with Gasteiger partial charge in [0.2, 0.25) is 0 Å². The summed E-state index contributed by atoms with van der Waals surface area (Å²) in [6.45, 7) is 0. The summed E-state index contributed by atoms with van der Waals surface area (Å²) in [6, 6.07) is 9.94. The molecule has 0 aliphatic heterocycles. The van der Waals surface area contributed by atoms with Gasteiger partial charge in [-0.05, 0) is 17.5 Å². The molecule has 0 aliphatic carbocycles. The number of benzene rings is 1. The second-order valence-corrected chi connectivity index (χ2v) is 5.08. The second kappa shape index (κ2) is 5.53. The Bertz CT molecular complexity index is 642. The Morgan fingerprint density at radius 1 is 1.28 bits per heavy atom. The minimum atomic E-state index is -0.559. The molecule has 0 amide bonds. The van der Waals surface area contributed by atoms with Gasteiger partial charge in [0, 0.05) is 10.4 Å². The van der Waals surface area contributed by atoms with Crippen molar-refractivity contribution in [1.29, 1.82) is 5.26 Å². The van der Waals surface area contributed by atoms with Gasteiger partial charge in [-0.3, -0.25) is 0 Å². The van der Waals surface area contributed by atoms with E-state index in [0.717, 1.165) is 4.88 Å². The van der Waals surface area contributed by atoms with E-state index in [1.165, 1.54) is 23.5 Å². The summed E-state index contributed by atoms with van der Waals surface area (Å²) in [6.07, 6.45) is 0. The Hall–Kier alpha value is -1.34.